The Bertz CT molecular complexity index is 3270. The summed E-state index contributed by atoms with van der Waals surface area (Å²) in [5.74, 6) is -1.57. The van der Waals surface area contributed by atoms with Crippen molar-refractivity contribution in [1.82, 2.24) is 20.6 Å². The summed E-state index contributed by atoms with van der Waals surface area (Å²) in [7, 11) is 0. The van der Waals surface area contributed by atoms with Crippen molar-refractivity contribution in [2.45, 2.75) is 25.9 Å². The van der Waals surface area contributed by atoms with Crippen molar-refractivity contribution in [3.05, 3.63) is 228 Å². The van der Waals surface area contributed by atoms with Crippen molar-refractivity contribution in [2.75, 3.05) is 10.6 Å². The fourth-order valence-corrected chi connectivity index (χ4v) is 8.73. The number of benzene rings is 8. The second-order valence-corrected chi connectivity index (χ2v) is 16.7. The van der Waals surface area contributed by atoms with Crippen LogP contribution in [-0.4, -0.2) is 33.6 Å². The van der Waals surface area contributed by atoms with Crippen molar-refractivity contribution in [1.29, 1.82) is 0 Å². The summed E-state index contributed by atoms with van der Waals surface area (Å²) in [6.07, 6.45) is 0. The highest BCUT2D eigenvalue weighted by molar-refractivity contribution is 6.27. The number of aromatic nitrogens is 2. The summed E-state index contributed by atoms with van der Waals surface area (Å²) in [6.45, 7) is 3.80. The third kappa shape index (κ3) is 8.73. The molecule has 8 aromatic carbocycles. The SMILES string of the molecule is C[C@H](NC(=O)c1cccc(C(=O)Nc2ccc(-c3ccc4ccc5c(-c6ccc(NC(=O)c7cccc(C(=O)N[C@@H](C)c8ccccc8)n7)cc6)ccc6ccc3c4c65)cc2)n1)c1ccccc1. The number of pyridine rings is 2. The van der Waals surface area contributed by atoms with Gasteiger partial charge in [-0.05, 0) is 128 Å². The number of carbonyl (C=O) groups excluding carboxylic acids is 4. The van der Waals surface area contributed by atoms with Crippen LogP contribution in [0.5, 0.6) is 0 Å². The molecule has 0 bridgehead atoms. The van der Waals surface area contributed by atoms with Gasteiger partial charge in [0.2, 0.25) is 0 Å². The van der Waals surface area contributed by atoms with Crippen molar-refractivity contribution in [2.24, 2.45) is 0 Å². The first-order valence-electron chi connectivity index (χ1n) is 22.4. The van der Waals surface area contributed by atoms with E-state index in [1.807, 2.05) is 123 Å². The first-order valence-corrected chi connectivity index (χ1v) is 22.4. The van der Waals surface area contributed by atoms with Crippen molar-refractivity contribution in [3.63, 3.8) is 0 Å². The highest BCUT2D eigenvalue weighted by Gasteiger charge is 2.19. The Kier molecular flexibility index (Phi) is 11.6. The zero-order valence-electron chi connectivity index (χ0n) is 37.2. The molecular weight excluding hydrogens is 845 g/mol. The van der Waals surface area contributed by atoms with Gasteiger partial charge in [-0.25, -0.2) is 9.97 Å². The zero-order valence-corrected chi connectivity index (χ0v) is 37.2. The standard InChI is InChI=1S/C58H44N6O4/c1-35(37-11-5-3-6-12-37)59-55(65)49-15-9-17-51(63-49)57(67)61-43-27-19-39(20-28-43)45-31-23-41-26-34-48-46(32-24-42-25-33-47(45)53(41)54(42)48)40-21-29-44(30-22-40)62-58(68)52-18-10-16-50(64-52)56(66)60-36(2)38-13-7-4-8-14-38/h3-36H,1-2H3,(H,59,65)(H,60,66)(H,61,67)(H,62,68)/t35-,36-/m0/s1. The third-order valence-corrected chi connectivity index (χ3v) is 12.3. The van der Waals surface area contributed by atoms with Crippen molar-refractivity contribution < 1.29 is 19.2 Å². The van der Waals surface area contributed by atoms with Gasteiger partial charge in [0.15, 0.2) is 0 Å². The average Bonchev–Trinajstić information content (AvgIpc) is 3.38. The molecule has 2 aromatic heterocycles. The number of rotatable bonds is 12. The summed E-state index contributed by atoms with van der Waals surface area (Å²) in [5, 5.41) is 18.6. The molecule has 0 radical (unpaired) electrons. The zero-order chi connectivity index (χ0) is 46.7. The fourth-order valence-electron chi connectivity index (χ4n) is 8.73. The lowest BCUT2D eigenvalue weighted by atomic mass is 9.87. The molecule has 0 fully saturated rings. The predicted octanol–water partition coefficient (Wildman–Crippen LogP) is 12.2. The van der Waals surface area contributed by atoms with Crippen LogP contribution in [0.1, 0.15) is 79.0 Å². The Labute approximate surface area is 392 Å². The molecule has 330 valence electrons. The summed E-state index contributed by atoms with van der Waals surface area (Å²) >= 11 is 0. The van der Waals surface area contributed by atoms with Crippen LogP contribution in [0.3, 0.4) is 0 Å². The van der Waals surface area contributed by atoms with E-state index in [1.165, 1.54) is 0 Å². The van der Waals surface area contributed by atoms with Gasteiger partial charge in [-0.2, -0.15) is 0 Å². The summed E-state index contributed by atoms with van der Waals surface area (Å²) in [6, 6.07) is 61.2. The van der Waals surface area contributed by atoms with Gasteiger partial charge < -0.3 is 21.3 Å². The molecule has 10 heteroatoms. The number of nitrogens with one attached hydrogen (secondary N) is 4. The number of anilines is 2. The molecule has 0 spiro atoms. The second-order valence-electron chi connectivity index (χ2n) is 16.7. The lowest BCUT2D eigenvalue weighted by molar-refractivity contribution is 0.0925. The van der Waals surface area contributed by atoms with E-state index in [9.17, 15) is 19.2 Å². The van der Waals surface area contributed by atoms with Gasteiger partial charge in [0, 0.05) is 11.4 Å². The van der Waals surface area contributed by atoms with E-state index in [1.54, 1.807) is 36.4 Å². The molecule has 2 heterocycles. The smallest absolute Gasteiger partial charge is 0.274 e. The van der Waals surface area contributed by atoms with Gasteiger partial charge in [-0.3, -0.25) is 19.2 Å². The lowest BCUT2D eigenvalue weighted by Gasteiger charge is -2.17. The summed E-state index contributed by atoms with van der Waals surface area (Å²) < 4.78 is 0. The van der Waals surface area contributed by atoms with Gasteiger partial charge in [-0.15, -0.1) is 0 Å². The molecule has 0 aliphatic heterocycles. The monoisotopic (exact) mass is 888 g/mol. The molecule has 4 amide bonds. The number of carbonyl (C=O) groups is 4. The highest BCUT2D eigenvalue weighted by atomic mass is 16.2. The van der Waals surface area contributed by atoms with Gasteiger partial charge in [-0.1, -0.05) is 146 Å². The average molecular weight is 889 g/mol. The number of hydrogen-bond acceptors (Lipinski definition) is 6. The van der Waals surface area contributed by atoms with E-state index in [-0.39, 0.29) is 46.7 Å². The third-order valence-electron chi connectivity index (χ3n) is 12.3. The maximum Gasteiger partial charge on any atom is 0.274 e. The van der Waals surface area contributed by atoms with Crippen LogP contribution in [0.4, 0.5) is 11.4 Å². The van der Waals surface area contributed by atoms with Crippen LogP contribution >= 0.6 is 0 Å². The molecule has 0 aliphatic rings. The van der Waals surface area contributed by atoms with Crippen molar-refractivity contribution >= 4 is 67.3 Å². The molecular formula is C58H44N6O4. The molecule has 10 nitrogen and oxygen atoms in total. The Hall–Kier alpha value is -9.02. The van der Waals surface area contributed by atoms with E-state index >= 15 is 0 Å². The molecule has 4 N–H and O–H groups in total. The van der Waals surface area contributed by atoms with E-state index in [4.69, 9.17) is 0 Å². The number of hydrogen-bond donors (Lipinski definition) is 4. The topological polar surface area (TPSA) is 142 Å². The fraction of sp³-hybridized carbons (Fsp3) is 0.0690. The van der Waals surface area contributed by atoms with Gasteiger partial charge in [0.25, 0.3) is 23.6 Å². The first-order chi connectivity index (χ1) is 33.2. The van der Waals surface area contributed by atoms with Crippen LogP contribution in [-0.2, 0) is 0 Å². The summed E-state index contributed by atoms with van der Waals surface area (Å²) in [5.41, 5.74) is 7.82. The largest absolute Gasteiger partial charge is 0.344 e. The van der Waals surface area contributed by atoms with E-state index in [0.29, 0.717) is 11.4 Å². The second kappa shape index (κ2) is 18.5. The van der Waals surface area contributed by atoms with Gasteiger partial charge in [0.1, 0.15) is 22.8 Å². The lowest BCUT2D eigenvalue weighted by Crippen LogP contribution is -2.28. The molecule has 10 aromatic rings. The predicted molar refractivity (Wildman–Crippen MR) is 270 cm³/mol. The summed E-state index contributed by atoms with van der Waals surface area (Å²) in [4.78, 5) is 61.5. The molecule has 0 aliphatic carbocycles. The van der Waals surface area contributed by atoms with E-state index in [0.717, 1.165) is 65.7 Å². The minimum atomic E-state index is -0.420. The van der Waals surface area contributed by atoms with E-state index < -0.39 is 11.8 Å². The minimum absolute atomic E-state index is 0.135. The Morgan fingerprint density at radius 1 is 0.368 bits per heavy atom. The Morgan fingerprint density at radius 3 is 1.10 bits per heavy atom. The molecule has 68 heavy (non-hydrogen) atoms. The Balaban J connectivity index is 0.843. The molecule has 2 atom stereocenters. The molecule has 10 rings (SSSR count). The van der Waals surface area contributed by atoms with Crippen LogP contribution < -0.4 is 21.3 Å². The van der Waals surface area contributed by atoms with E-state index in [2.05, 4.69) is 79.8 Å². The highest BCUT2D eigenvalue weighted by Crippen LogP contribution is 2.42. The molecule has 0 unspecified atom stereocenters. The van der Waals surface area contributed by atoms with Crippen LogP contribution in [0.15, 0.2) is 194 Å². The van der Waals surface area contributed by atoms with Crippen LogP contribution in [0, 0.1) is 0 Å². The van der Waals surface area contributed by atoms with Crippen LogP contribution in [0.25, 0.3) is 54.6 Å². The molecule has 0 saturated heterocycles. The minimum Gasteiger partial charge on any atom is -0.344 e. The first kappa shape index (κ1) is 42.9. The van der Waals surface area contributed by atoms with Gasteiger partial charge >= 0.3 is 0 Å². The van der Waals surface area contributed by atoms with Gasteiger partial charge in [0.05, 0.1) is 12.1 Å². The van der Waals surface area contributed by atoms with Crippen LogP contribution in [0.2, 0.25) is 0 Å². The normalized spacial score (nSPS) is 12.1. The maximum absolute atomic E-state index is 13.3. The molecule has 0 saturated carbocycles. The Morgan fingerprint density at radius 2 is 0.721 bits per heavy atom. The quantitative estimate of drug-likeness (QED) is 0.0900. The van der Waals surface area contributed by atoms with Crippen molar-refractivity contribution in [3.8, 4) is 22.3 Å². The maximum atomic E-state index is 13.3. The number of amides is 4. The number of nitrogens with zero attached hydrogens (tertiary/aromatic N) is 2.